The molecule has 1 aromatic rings. The van der Waals surface area contributed by atoms with E-state index in [4.69, 9.17) is 4.74 Å². The lowest BCUT2D eigenvalue weighted by atomic mass is 9.86. The van der Waals surface area contributed by atoms with E-state index in [0.717, 1.165) is 43.6 Å². The summed E-state index contributed by atoms with van der Waals surface area (Å²) in [5.74, 6) is -0.0752. The highest BCUT2D eigenvalue weighted by Crippen LogP contribution is 2.33. The third-order valence-corrected chi connectivity index (χ3v) is 5.46. The van der Waals surface area contributed by atoms with Gasteiger partial charge in [0.25, 0.3) is 0 Å². The van der Waals surface area contributed by atoms with Crippen molar-refractivity contribution < 1.29 is 14.6 Å². The first-order valence-corrected chi connectivity index (χ1v) is 8.28. The Labute approximate surface area is 129 Å². The smallest absolute Gasteiger partial charge is 0.340 e. The van der Waals surface area contributed by atoms with E-state index in [9.17, 15) is 9.90 Å². The fourth-order valence-electron chi connectivity index (χ4n) is 3.25. The van der Waals surface area contributed by atoms with Crippen LogP contribution in [-0.2, 0) is 9.53 Å². The summed E-state index contributed by atoms with van der Waals surface area (Å²) < 4.78 is 5.59. The number of thiophene rings is 1. The summed E-state index contributed by atoms with van der Waals surface area (Å²) in [5.41, 5.74) is 1.69. The molecule has 3 aliphatic rings. The molecular weight excluding hydrogens is 286 g/mol. The van der Waals surface area contributed by atoms with Gasteiger partial charge < -0.3 is 9.84 Å². The number of aliphatic hydroxyl groups is 1. The van der Waals surface area contributed by atoms with Crippen LogP contribution in [0.25, 0.3) is 5.57 Å². The second-order valence-electron chi connectivity index (χ2n) is 5.99. The van der Waals surface area contributed by atoms with Crippen LogP contribution in [0.2, 0.25) is 0 Å². The molecule has 2 unspecified atom stereocenters. The van der Waals surface area contributed by atoms with Crippen LogP contribution < -0.4 is 0 Å². The Hall–Kier alpha value is -1.17. The lowest BCUT2D eigenvalue weighted by Gasteiger charge is -2.44. The van der Waals surface area contributed by atoms with Crippen LogP contribution in [-0.4, -0.2) is 41.7 Å². The summed E-state index contributed by atoms with van der Waals surface area (Å²) in [6.07, 6.45) is 0.906. The van der Waals surface area contributed by atoms with E-state index in [1.54, 1.807) is 0 Å². The summed E-state index contributed by atoms with van der Waals surface area (Å²) >= 11 is 1.37. The van der Waals surface area contributed by atoms with Gasteiger partial charge in [-0.1, -0.05) is 6.58 Å². The fraction of sp³-hybridized carbons (Fsp3) is 0.562. The maximum atomic E-state index is 12.2. The molecule has 114 valence electrons. The molecule has 1 N–H and O–H groups in total. The van der Waals surface area contributed by atoms with Crippen molar-refractivity contribution in [2.75, 3.05) is 19.6 Å². The Kier molecular flexibility index (Phi) is 4.15. The van der Waals surface area contributed by atoms with Gasteiger partial charge in [-0.25, -0.2) is 4.79 Å². The molecule has 2 atom stereocenters. The van der Waals surface area contributed by atoms with E-state index in [1.165, 1.54) is 11.3 Å². The predicted molar refractivity (Wildman–Crippen MR) is 83.0 cm³/mol. The molecule has 3 saturated heterocycles. The molecule has 0 spiro atoms. The zero-order chi connectivity index (χ0) is 15.0. The average Bonchev–Trinajstić information content (AvgIpc) is 2.97. The molecule has 0 saturated carbocycles. The van der Waals surface area contributed by atoms with Crippen molar-refractivity contribution in [3.63, 3.8) is 0 Å². The molecule has 21 heavy (non-hydrogen) atoms. The molecule has 0 aliphatic carbocycles. The van der Waals surface area contributed by atoms with E-state index in [2.05, 4.69) is 11.5 Å². The van der Waals surface area contributed by atoms with Gasteiger partial charge in [0.05, 0.1) is 4.88 Å². The lowest BCUT2D eigenvalue weighted by Crippen LogP contribution is -2.52. The second-order valence-corrected chi connectivity index (χ2v) is 6.94. The van der Waals surface area contributed by atoms with Gasteiger partial charge in [-0.3, -0.25) is 4.90 Å². The van der Waals surface area contributed by atoms with Gasteiger partial charge in [-0.2, -0.15) is 0 Å². The van der Waals surface area contributed by atoms with Gasteiger partial charge >= 0.3 is 5.97 Å². The number of esters is 1. The van der Waals surface area contributed by atoms with Crippen molar-refractivity contribution in [1.82, 2.24) is 4.90 Å². The van der Waals surface area contributed by atoms with Crippen molar-refractivity contribution >= 4 is 22.9 Å². The Morgan fingerprint density at radius 3 is 2.81 bits per heavy atom. The predicted octanol–water partition coefficient (Wildman–Crippen LogP) is 2.45. The van der Waals surface area contributed by atoms with Crippen molar-refractivity contribution in [3.05, 3.63) is 28.5 Å². The fourth-order valence-corrected chi connectivity index (χ4v) is 4.20. The number of hydrogen-bond acceptors (Lipinski definition) is 5. The van der Waals surface area contributed by atoms with Gasteiger partial charge in [0.1, 0.15) is 6.10 Å². The minimum absolute atomic E-state index is 0.0668. The lowest BCUT2D eigenvalue weighted by molar-refractivity contribution is -0.168. The highest BCUT2D eigenvalue weighted by atomic mass is 32.1. The number of ether oxygens (including phenoxy) is 1. The summed E-state index contributed by atoms with van der Waals surface area (Å²) in [6.45, 7) is 8.77. The molecule has 1 aromatic heterocycles. The number of allylic oxidation sites excluding steroid dienone is 1. The first kappa shape index (κ1) is 14.8. The average molecular weight is 307 g/mol. The Morgan fingerprint density at radius 1 is 1.52 bits per heavy atom. The van der Waals surface area contributed by atoms with Gasteiger partial charge in [0.15, 0.2) is 6.10 Å². The van der Waals surface area contributed by atoms with Crippen molar-refractivity contribution in [2.45, 2.75) is 32.0 Å². The van der Waals surface area contributed by atoms with Crippen LogP contribution in [0.5, 0.6) is 0 Å². The van der Waals surface area contributed by atoms with Crippen LogP contribution in [0.1, 0.15) is 36.3 Å². The van der Waals surface area contributed by atoms with E-state index in [0.29, 0.717) is 10.8 Å². The SMILES string of the molecule is C=C(C)c1ccsc1C(O)C(=O)OC1CN2CCC1CC2. The number of hydrogen-bond donors (Lipinski definition) is 1. The Bertz CT molecular complexity index is 545. The maximum Gasteiger partial charge on any atom is 0.340 e. The maximum absolute atomic E-state index is 12.2. The van der Waals surface area contributed by atoms with Crippen molar-refractivity contribution in [3.8, 4) is 0 Å². The molecule has 3 aliphatic heterocycles. The third kappa shape index (κ3) is 2.91. The number of aliphatic hydroxyl groups excluding tert-OH is 1. The molecule has 3 fully saturated rings. The molecule has 4 rings (SSSR count). The summed E-state index contributed by atoms with van der Waals surface area (Å²) in [6, 6.07) is 1.88. The molecular formula is C16H21NO3S. The Morgan fingerprint density at radius 2 is 2.24 bits per heavy atom. The van der Waals surface area contributed by atoms with Crippen LogP contribution in [0.4, 0.5) is 0 Å². The molecule has 4 nitrogen and oxygen atoms in total. The number of fused-ring (bicyclic) bond motifs is 3. The highest BCUT2D eigenvalue weighted by molar-refractivity contribution is 7.10. The van der Waals surface area contributed by atoms with Crippen LogP contribution in [0, 0.1) is 5.92 Å². The first-order valence-electron chi connectivity index (χ1n) is 7.40. The minimum atomic E-state index is -1.20. The molecule has 4 heterocycles. The van der Waals surface area contributed by atoms with Crippen molar-refractivity contribution in [1.29, 1.82) is 0 Å². The quantitative estimate of drug-likeness (QED) is 0.868. The zero-order valence-electron chi connectivity index (χ0n) is 12.2. The van der Waals surface area contributed by atoms with Crippen molar-refractivity contribution in [2.24, 2.45) is 5.92 Å². The standard InChI is InChI=1S/C16H21NO3S/c1-10(2)12-5-8-21-15(12)14(18)16(19)20-13-9-17-6-3-11(13)4-7-17/h5,8,11,13-14,18H,1,3-4,6-7,9H2,2H3. The van der Waals surface area contributed by atoms with Gasteiger partial charge in [0.2, 0.25) is 0 Å². The number of piperidine rings is 3. The molecule has 2 bridgehead atoms. The molecule has 0 amide bonds. The van der Waals surface area contributed by atoms with Gasteiger partial charge in [0, 0.05) is 6.54 Å². The third-order valence-electron chi connectivity index (χ3n) is 4.49. The largest absolute Gasteiger partial charge is 0.459 e. The van der Waals surface area contributed by atoms with E-state index in [1.807, 2.05) is 18.4 Å². The number of rotatable bonds is 4. The Balaban J connectivity index is 1.67. The van der Waals surface area contributed by atoms with E-state index >= 15 is 0 Å². The summed E-state index contributed by atoms with van der Waals surface area (Å²) in [4.78, 5) is 15.2. The van der Waals surface area contributed by atoms with Crippen LogP contribution >= 0.6 is 11.3 Å². The molecule has 0 radical (unpaired) electrons. The highest BCUT2D eigenvalue weighted by Gasteiger charge is 2.38. The minimum Gasteiger partial charge on any atom is -0.459 e. The molecule has 5 heteroatoms. The monoisotopic (exact) mass is 307 g/mol. The number of carbonyl (C=O) groups excluding carboxylic acids is 1. The zero-order valence-corrected chi connectivity index (χ0v) is 13.1. The van der Waals surface area contributed by atoms with Gasteiger partial charge in [-0.05, 0) is 61.4 Å². The number of nitrogens with zero attached hydrogens (tertiary/aromatic N) is 1. The van der Waals surface area contributed by atoms with E-state index in [-0.39, 0.29) is 6.10 Å². The van der Waals surface area contributed by atoms with Crippen LogP contribution in [0.15, 0.2) is 18.0 Å². The van der Waals surface area contributed by atoms with Gasteiger partial charge in [-0.15, -0.1) is 11.3 Å². The summed E-state index contributed by atoms with van der Waals surface area (Å²) in [5, 5.41) is 12.2. The van der Waals surface area contributed by atoms with Crippen LogP contribution in [0.3, 0.4) is 0 Å². The van der Waals surface area contributed by atoms with E-state index < -0.39 is 12.1 Å². The molecule has 0 aromatic carbocycles. The number of carbonyl (C=O) groups is 1. The topological polar surface area (TPSA) is 49.8 Å². The summed E-state index contributed by atoms with van der Waals surface area (Å²) in [7, 11) is 0. The second kappa shape index (κ2) is 5.91. The normalized spacial score (nSPS) is 29.1. The first-order chi connectivity index (χ1) is 10.1.